The molecule has 1 aromatic carbocycles. The number of halogens is 4. The number of rotatable bonds is 2. The van der Waals surface area contributed by atoms with Crippen LogP contribution in [0.25, 0.3) is 0 Å². The first kappa shape index (κ1) is 12.6. The Morgan fingerprint density at radius 2 is 2.08 bits per heavy atom. The molecule has 1 rings (SSSR count). The highest BCUT2D eigenvalue weighted by Gasteiger charge is 2.14. The first-order valence-electron chi connectivity index (χ1n) is 3.45. The van der Waals surface area contributed by atoms with E-state index >= 15 is 0 Å². The summed E-state index contributed by atoms with van der Waals surface area (Å²) in [7, 11) is 0. The normalized spacial score (nSPS) is 12.0. The lowest BCUT2D eigenvalue weighted by atomic mass is 10.1. The van der Waals surface area contributed by atoms with Crippen LogP contribution in [0.2, 0.25) is 5.02 Å². The Kier molecular flexibility index (Phi) is 5.21. The van der Waals surface area contributed by atoms with E-state index < -0.39 is 12.0 Å². The molecule has 0 fully saturated rings. The van der Waals surface area contributed by atoms with Gasteiger partial charge in [-0.3, -0.25) is 0 Å². The molecule has 74 valence electrons. The average molecular weight is 228 g/mol. The van der Waals surface area contributed by atoms with Crippen molar-refractivity contribution in [2.24, 2.45) is 5.73 Å². The van der Waals surface area contributed by atoms with Crippen LogP contribution in [0.15, 0.2) is 18.2 Å². The van der Waals surface area contributed by atoms with Gasteiger partial charge in [0.05, 0.1) is 5.02 Å². The molecule has 0 amide bonds. The molecule has 0 spiro atoms. The number of benzene rings is 1. The summed E-state index contributed by atoms with van der Waals surface area (Å²) in [4.78, 5) is 0. The van der Waals surface area contributed by atoms with E-state index in [0.717, 1.165) is 0 Å². The quantitative estimate of drug-likeness (QED) is 0.827. The van der Waals surface area contributed by atoms with Crippen molar-refractivity contribution < 1.29 is 8.78 Å². The molecule has 0 aromatic heterocycles. The topological polar surface area (TPSA) is 26.0 Å². The van der Waals surface area contributed by atoms with Crippen molar-refractivity contribution in [3.63, 3.8) is 0 Å². The first-order chi connectivity index (χ1) is 5.66. The lowest BCUT2D eigenvalue weighted by Crippen LogP contribution is -2.09. The highest BCUT2D eigenvalue weighted by Crippen LogP contribution is 2.24. The van der Waals surface area contributed by atoms with Crippen molar-refractivity contribution in [2.45, 2.75) is 6.17 Å². The Morgan fingerprint density at radius 1 is 1.46 bits per heavy atom. The molecule has 13 heavy (non-hydrogen) atoms. The minimum absolute atomic E-state index is 0. The fourth-order valence-electron chi connectivity index (χ4n) is 0.889. The first-order valence-corrected chi connectivity index (χ1v) is 3.82. The maximum atomic E-state index is 13.0. The molecule has 1 aromatic rings. The van der Waals surface area contributed by atoms with E-state index in [1.807, 2.05) is 0 Å². The molecule has 1 atom stereocenters. The van der Waals surface area contributed by atoms with Gasteiger partial charge in [-0.05, 0) is 6.07 Å². The predicted octanol–water partition coefficient (Wildman–Crippen LogP) is 2.87. The van der Waals surface area contributed by atoms with Crippen molar-refractivity contribution in [1.82, 2.24) is 0 Å². The van der Waals surface area contributed by atoms with Crippen LogP contribution < -0.4 is 5.73 Å². The number of alkyl halides is 1. The second-order valence-corrected chi connectivity index (χ2v) is 2.75. The van der Waals surface area contributed by atoms with Crippen LogP contribution in [0.3, 0.4) is 0 Å². The Balaban J connectivity index is 0.00000144. The standard InChI is InChI=1S/C8H8ClF2N.ClH/c9-6-3-1-2-5(8(6)11)7(10)4-12;/h1-3,7H,4,12H2;1H. The molecule has 0 aliphatic heterocycles. The summed E-state index contributed by atoms with van der Waals surface area (Å²) in [5.41, 5.74) is 4.96. The molecule has 0 aliphatic carbocycles. The molecule has 5 heteroatoms. The second kappa shape index (κ2) is 5.37. The second-order valence-electron chi connectivity index (χ2n) is 2.35. The van der Waals surface area contributed by atoms with Gasteiger partial charge in [0.2, 0.25) is 0 Å². The molecule has 0 saturated heterocycles. The molecule has 0 heterocycles. The van der Waals surface area contributed by atoms with Crippen LogP contribution in [-0.2, 0) is 0 Å². The Bertz CT molecular complexity index is 281. The van der Waals surface area contributed by atoms with Crippen molar-refractivity contribution in [1.29, 1.82) is 0 Å². The highest BCUT2D eigenvalue weighted by molar-refractivity contribution is 6.30. The van der Waals surface area contributed by atoms with Crippen LogP contribution >= 0.6 is 24.0 Å². The third-order valence-corrected chi connectivity index (χ3v) is 1.82. The van der Waals surface area contributed by atoms with Crippen LogP contribution in [0.4, 0.5) is 8.78 Å². The van der Waals surface area contributed by atoms with Gasteiger partial charge in [-0.25, -0.2) is 8.78 Å². The van der Waals surface area contributed by atoms with E-state index in [-0.39, 0.29) is 29.5 Å². The molecule has 2 N–H and O–H groups in total. The molecule has 0 aliphatic rings. The predicted molar refractivity (Wildman–Crippen MR) is 51.6 cm³/mol. The smallest absolute Gasteiger partial charge is 0.147 e. The van der Waals surface area contributed by atoms with Crippen LogP contribution in [0, 0.1) is 5.82 Å². The fraction of sp³-hybridized carbons (Fsp3) is 0.250. The summed E-state index contributed by atoms with van der Waals surface area (Å²) in [6, 6.07) is 4.19. The lowest BCUT2D eigenvalue weighted by molar-refractivity contribution is 0.341. The molecule has 0 radical (unpaired) electrons. The third kappa shape index (κ3) is 2.79. The van der Waals surface area contributed by atoms with E-state index in [0.29, 0.717) is 0 Å². The van der Waals surface area contributed by atoms with Gasteiger partial charge in [0.15, 0.2) is 0 Å². The van der Waals surface area contributed by atoms with Crippen molar-refractivity contribution in [3.8, 4) is 0 Å². The van der Waals surface area contributed by atoms with Crippen LogP contribution in [-0.4, -0.2) is 6.54 Å². The number of nitrogens with two attached hydrogens (primary N) is 1. The van der Waals surface area contributed by atoms with Gasteiger partial charge < -0.3 is 5.73 Å². The summed E-state index contributed by atoms with van der Waals surface area (Å²) in [5, 5.41) is -0.0800. The van der Waals surface area contributed by atoms with E-state index in [1.54, 1.807) is 0 Å². The molecule has 0 bridgehead atoms. The zero-order valence-corrected chi connectivity index (χ0v) is 8.21. The lowest BCUT2D eigenvalue weighted by Gasteiger charge is -2.06. The third-order valence-electron chi connectivity index (χ3n) is 1.53. The summed E-state index contributed by atoms with van der Waals surface area (Å²) >= 11 is 5.43. The van der Waals surface area contributed by atoms with Crippen molar-refractivity contribution in [3.05, 3.63) is 34.6 Å². The molecule has 0 saturated carbocycles. The van der Waals surface area contributed by atoms with Gasteiger partial charge in [-0.1, -0.05) is 23.7 Å². The maximum absolute atomic E-state index is 13.0. The van der Waals surface area contributed by atoms with Gasteiger partial charge in [0.25, 0.3) is 0 Å². The molecular formula is C8H9Cl2F2N. The summed E-state index contributed by atoms with van der Waals surface area (Å²) in [5.74, 6) is -0.725. The minimum Gasteiger partial charge on any atom is -0.327 e. The number of hydrogen-bond donors (Lipinski definition) is 1. The molecule has 1 unspecified atom stereocenters. The van der Waals surface area contributed by atoms with Gasteiger partial charge >= 0.3 is 0 Å². The van der Waals surface area contributed by atoms with E-state index in [2.05, 4.69) is 0 Å². The minimum atomic E-state index is -1.48. The molecule has 1 nitrogen and oxygen atoms in total. The monoisotopic (exact) mass is 227 g/mol. The van der Waals surface area contributed by atoms with Gasteiger partial charge in [0.1, 0.15) is 12.0 Å². The maximum Gasteiger partial charge on any atom is 0.147 e. The zero-order valence-electron chi connectivity index (χ0n) is 6.64. The van der Waals surface area contributed by atoms with Crippen LogP contribution in [0.5, 0.6) is 0 Å². The van der Waals surface area contributed by atoms with Gasteiger partial charge in [-0.2, -0.15) is 0 Å². The average Bonchev–Trinajstić information content (AvgIpc) is 2.08. The Hall–Kier alpha value is -0.380. The summed E-state index contributed by atoms with van der Waals surface area (Å²) < 4.78 is 25.9. The van der Waals surface area contributed by atoms with Crippen molar-refractivity contribution in [2.75, 3.05) is 6.54 Å². The van der Waals surface area contributed by atoms with E-state index in [9.17, 15) is 8.78 Å². The van der Waals surface area contributed by atoms with Gasteiger partial charge in [0, 0.05) is 12.1 Å². The van der Waals surface area contributed by atoms with E-state index in [4.69, 9.17) is 17.3 Å². The zero-order chi connectivity index (χ0) is 9.14. The SMILES string of the molecule is Cl.NCC(F)c1cccc(Cl)c1F. The highest BCUT2D eigenvalue weighted by atomic mass is 35.5. The number of hydrogen-bond acceptors (Lipinski definition) is 1. The fourth-order valence-corrected chi connectivity index (χ4v) is 1.07. The van der Waals surface area contributed by atoms with E-state index in [1.165, 1.54) is 18.2 Å². The molecular weight excluding hydrogens is 219 g/mol. The Labute approximate surface area is 86.3 Å². The summed E-state index contributed by atoms with van der Waals surface area (Å²) in [6.45, 7) is -0.239. The van der Waals surface area contributed by atoms with Crippen molar-refractivity contribution >= 4 is 24.0 Å². The van der Waals surface area contributed by atoms with Gasteiger partial charge in [-0.15, -0.1) is 12.4 Å². The largest absolute Gasteiger partial charge is 0.327 e. The van der Waals surface area contributed by atoms with Crippen LogP contribution in [0.1, 0.15) is 11.7 Å². The summed E-state index contributed by atoms with van der Waals surface area (Å²) in [6.07, 6.45) is -1.48. The Morgan fingerprint density at radius 3 is 2.62 bits per heavy atom.